The summed E-state index contributed by atoms with van der Waals surface area (Å²) in [5.41, 5.74) is 2.52. The molecule has 0 fully saturated rings. The Kier molecular flexibility index (Phi) is 4.76. The largest absolute Gasteiger partial charge is 0.346 e. The number of pyridine rings is 1. The van der Waals surface area contributed by atoms with Crippen LogP contribution in [0.1, 0.15) is 15.4 Å². The van der Waals surface area contributed by atoms with Crippen LogP contribution in [0.15, 0.2) is 28.1 Å². The number of aromatic nitrogens is 1. The Hall–Kier alpha value is -1.15. The van der Waals surface area contributed by atoms with Gasteiger partial charge in [-0.25, -0.2) is 10.8 Å². The molecule has 0 spiro atoms. The molecule has 2 rings (SSSR count). The molecular formula is C11H10BrClN4OS. The fraction of sp³-hybridized carbons (Fsp3) is 0.0909. The van der Waals surface area contributed by atoms with Crippen molar-refractivity contribution in [3.8, 4) is 0 Å². The van der Waals surface area contributed by atoms with E-state index in [1.165, 1.54) is 0 Å². The fourth-order valence-corrected chi connectivity index (χ4v) is 2.99. The lowest BCUT2D eigenvalue weighted by atomic mass is 10.3. The third-order valence-electron chi connectivity index (χ3n) is 2.26. The predicted molar refractivity (Wildman–Crippen MR) is 80.2 cm³/mol. The van der Waals surface area contributed by atoms with E-state index in [4.69, 9.17) is 17.4 Å². The smallest absolute Gasteiger partial charge is 0.271 e. The molecule has 0 aliphatic rings. The van der Waals surface area contributed by atoms with Crippen molar-refractivity contribution >= 4 is 50.6 Å². The number of carbonyl (C=O) groups excluding carboxylic acids is 1. The Morgan fingerprint density at radius 2 is 2.21 bits per heavy atom. The second-order valence-electron chi connectivity index (χ2n) is 3.56. The number of amides is 1. The lowest BCUT2D eigenvalue weighted by molar-refractivity contribution is 0.0946. The highest BCUT2D eigenvalue weighted by atomic mass is 79.9. The number of nitrogens with one attached hydrogen (secondary N) is 2. The van der Waals surface area contributed by atoms with Gasteiger partial charge in [-0.15, -0.1) is 11.3 Å². The molecular weight excluding hydrogens is 352 g/mol. The standard InChI is InChI=1S/C11H10BrClN4OS/c12-8-3-1-6(19-8)5-15-11(18)10-7(13)2-4-9(16-10)17-14/h1-4H,5,14H2,(H,15,18)(H,16,17). The molecule has 5 nitrogen and oxygen atoms in total. The molecule has 0 bridgehead atoms. The number of halogens is 2. The van der Waals surface area contributed by atoms with E-state index in [9.17, 15) is 4.79 Å². The molecule has 2 heterocycles. The average molecular weight is 362 g/mol. The van der Waals surface area contributed by atoms with Crippen LogP contribution in [0.2, 0.25) is 5.02 Å². The van der Waals surface area contributed by atoms with Gasteiger partial charge in [-0.05, 0) is 40.2 Å². The number of nitrogens with zero attached hydrogens (tertiary/aromatic N) is 1. The normalized spacial score (nSPS) is 10.3. The third kappa shape index (κ3) is 3.66. The Morgan fingerprint density at radius 1 is 1.42 bits per heavy atom. The van der Waals surface area contributed by atoms with Gasteiger partial charge in [-0.2, -0.15) is 0 Å². The number of carbonyl (C=O) groups is 1. The second kappa shape index (κ2) is 6.33. The van der Waals surface area contributed by atoms with Crippen molar-refractivity contribution in [1.29, 1.82) is 0 Å². The quantitative estimate of drug-likeness (QED) is 0.578. The van der Waals surface area contributed by atoms with Crippen LogP contribution in [0.5, 0.6) is 0 Å². The molecule has 0 saturated heterocycles. The van der Waals surface area contributed by atoms with E-state index in [1.807, 2.05) is 12.1 Å². The van der Waals surface area contributed by atoms with Gasteiger partial charge in [0.25, 0.3) is 5.91 Å². The summed E-state index contributed by atoms with van der Waals surface area (Å²) in [5.74, 6) is 5.29. The summed E-state index contributed by atoms with van der Waals surface area (Å²) in [7, 11) is 0. The first-order valence-corrected chi connectivity index (χ1v) is 7.24. The Balaban J connectivity index is 2.07. The van der Waals surface area contributed by atoms with Crippen LogP contribution < -0.4 is 16.6 Å². The van der Waals surface area contributed by atoms with Gasteiger partial charge in [-0.1, -0.05) is 11.6 Å². The van der Waals surface area contributed by atoms with Crippen molar-refractivity contribution in [3.05, 3.63) is 43.6 Å². The van der Waals surface area contributed by atoms with Crippen LogP contribution in [0, 0.1) is 0 Å². The highest BCUT2D eigenvalue weighted by Gasteiger charge is 2.13. The van der Waals surface area contributed by atoms with Crippen molar-refractivity contribution in [2.75, 3.05) is 5.43 Å². The summed E-state index contributed by atoms with van der Waals surface area (Å²) < 4.78 is 1.02. The van der Waals surface area contributed by atoms with E-state index < -0.39 is 0 Å². The number of hydrogen-bond acceptors (Lipinski definition) is 5. The summed E-state index contributed by atoms with van der Waals surface area (Å²) in [6.07, 6.45) is 0. The minimum Gasteiger partial charge on any atom is -0.346 e. The summed E-state index contributed by atoms with van der Waals surface area (Å²) in [6, 6.07) is 7.02. The van der Waals surface area contributed by atoms with E-state index in [2.05, 4.69) is 31.7 Å². The molecule has 0 saturated carbocycles. The molecule has 0 atom stereocenters. The van der Waals surface area contributed by atoms with Crippen LogP contribution >= 0.6 is 38.9 Å². The number of rotatable bonds is 4. The molecule has 0 aliphatic carbocycles. The monoisotopic (exact) mass is 360 g/mol. The Labute approximate surface area is 127 Å². The van der Waals surface area contributed by atoms with E-state index in [-0.39, 0.29) is 16.6 Å². The third-order valence-corrected chi connectivity index (χ3v) is 4.19. The second-order valence-corrected chi connectivity index (χ2v) is 6.51. The van der Waals surface area contributed by atoms with Gasteiger partial charge in [0.2, 0.25) is 0 Å². The molecule has 2 aromatic heterocycles. The van der Waals surface area contributed by atoms with Crippen molar-refractivity contribution in [3.63, 3.8) is 0 Å². The average Bonchev–Trinajstić information content (AvgIpc) is 2.82. The summed E-state index contributed by atoms with van der Waals surface area (Å²) in [6.45, 7) is 0.424. The van der Waals surface area contributed by atoms with Crippen LogP contribution in [0.4, 0.5) is 5.82 Å². The maximum absolute atomic E-state index is 12.0. The van der Waals surface area contributed by atoms with Gasteiger partial charge in [0, 0.05) is 4.88 Å². The molecule has 0 unspecified atom stereocenters. The number of hydrazine groups is 1. The van der Waals surface area contributed by atoms with Gasteiger partial charge >= 0.3 is 0 Å². The van der Waals surface area contributed by atoms with Crippen molar-refractivity contribution in [2.45, 2.75) is 6.54 Å². The van der Waals surface area contributed by atoms with Crippen LogP contribution in [-0.4, -0.2) is 10.9 Å². The Morgan fingerprint density at radius 3 is 2.84 bits per heavy atom. The van der Waals surface area contributed by atoms with Crippen LogP contribution in [0.25, 0.3) is 0 Å². The molecule has 4 N–H and O–H groups in total. The molecule has 0 aliphatic heterocycles. The first kappa shape index (κ1) is 14.3. The summed E-state index contributed by atoms with van der Waals surface area (Å²) >= 11 is 10.9. The maximum atomic E-state index is 12.0. The van der Waals surface area contributed by atoms with Gasteiger partial charge in [0.1, 0.15) is 11.5 Å². The first-order chi connectivity index (χ1) is 9.10. The molecule has 0 radical (unpaired) electrons. The fourth-order valence-electron chi connectivity index (χ4n) is 1.38. The van der Waals surface area contributed by atoms with Crippen LogP contribution in [0.3, 0.4) is 0 Å². The molecule has 19 heavy (non-hydrogen) atoms. The zero-order valence-corrected chi connectivity index (χ0v) is 12.8. The number of nitrogen functional groups attached to an aromatic ring is 1. The highest BCUT2D eigenvalue weighted by Crippen LogP contribution is 2.22. The van der Waals surface area contributed by atoms with Crippen LogP contribution in [-0.2, 0) is 6.54 Å². The molecule has 0 aromatic carbocycles. The maximum Gasteiger partial charge on any atom is 0.271 e. The van der Waals surface area contributed by atoms with Crippen molar-refractivity contribution in [2.24, 2.45) is 5.84 Å². The first-order valence-electron chi connectivity index (χ1n) is 5.25. The van der Waals surface area contributed by atoms with E-state index >= 15 is 0 Å². The predicted octanol–water partition coefficient (Wildman–Crippen LogP) is 2.77. The minimum atomic E-state index is -0.341. The van der Waals surface area contributed by atoms with Crippen molar-refractivity contribution < 1.29 is 4.79 Å². The lowest BCUT2D eigenvalue weighted by Gasteiger charge is -2.06. The number of anilines is 1. The van der Waals surface area contributed by atoms with E-state index in [0.717, 1.165) is 8.66 Å². The van der Waals surface area contributed by atoms with E-state index in [0.29, 0.717) is 12.4 Å². The molecule has 2 aromatic rings. The minimum absolute atomic E-state index is 0.146. The number of hydrogen-bond donors (Lipinski definition) is 3. The summed E-state index contributed by atoms with van der Waals surface area (Å²) in [5, 5.41) is 3.04. The zero-order valence-electron chi connectivity index (χ0n) is 9.61. The summed E-state index contributed by atoms with van der Waals surface area (Å²) in [4.78, 5) is 17.0. The van der Waals surface area contributed by atoms with Gasteiger partial charge in [0.05, 0.1) is 15.4 Å². The van der Waals surface area contributed by atoms with Gasteiger partial charge in [0.15, 0.2) is 0 Å². The van der Waals surface area contributed by atoms with E-state index in [1.54, 1.807) is 23.5 Å². The number of thiophene rings is 1. The zero-order chi connectivity index (χ0) is 13.8. The Bertz CT molecular complexity index is 604. The molecule has 8 heteroatoms. The molecule has 1 amide bonds. The topological polar surface area (TPSA) is 80.0 Å². The molecule has 100 valence electrons. The lowest BCUT2D eigenvalue weighted by Crippen LogP contribution is -2.24. The highest BCUT2D eigenvalue weighted by molar-refractivity contribution is 9.11. The van der Waals surface area contributed by atoms with Gasteiger partial charge < -0.3 is 10.7 Å². The van der Waals surface area contributed by atoms with Crippen molar-refractivity contribution in [1.82, 2.24) is 10.3 Å². The number of nitrogens with two attached hydrogens (primary N) is 1. The van der Waals surface area contributed by atoms with Gasteiger partial charge in [-0.3, -0.25) is 4.79 Å². The SMILES string of the molecule is NNc1ccc(Cl)c(C(=O)NCc2ccc(Br)s2)n1.